The van der Waals surface area contributed by atoms with E-state index in [1.165, 1.54) is 0 Å². The molecular formula is C8H11IN2O2. The smallest absolute Gasteiger partial charge is 0.303 e. The van der Waals surface area contributed by atoms with Crippen molar-refractivity contribution in [2.45, 2.75) is 25.8 Å². The number of halogens is 1. The molecule has 1 heterocycles. The molecule has 4 nitrogen and oxygen atoms in total. The molecule has 0 saturated heterocycles. The van der Waals surface area contributed by atoms with E-state index in [-0.39, 0.29) is 6.42 Å². The number of aromatic nitrogens is 2. The molecule has 0 aliphatic rings. The summed E-state index contributed by atoms with van der Waals surface area (Å²) in [4.78, 5) is 10.2. The van der Waals surface area contributed by atoms with Gasteiger partial charge in [-0.25, -0.2) is 0 Å². The molecule has 0 atom stereocenters. The van der Waals surface area contributed by atoms with Crippen LogP contribution in [0.5, 0.6) is 0 Å². The van der Waals surface area contributed by atoms with Crippen LogP contribution in [0.2, 0.25) is 0 Å². The fourth-order valence-electron chi connectivity index (χ4n) is 1.01. The van der Waals surface area contributed by atoms with Crippen LogP contribution in [-0.2, 0) is 11.3 Å². The summed E-state index contributed by atoms with van der Waals surface area (Å²) in [7, 11) is 0. The van der Waals surface area contributed by atoms with Crippen molar-refractivity contribution in [3.05, 3.63) is 16.0 Å². The molecule has 0 unspecified atom stereocenters. The van der Waals surface area contributed by atoms with Crippen molar-refractivity contribution >= 4 is 28.6 Å². The fraction of sp³-hybridized carbons (Fsp3) is 0.500. The molecule has 0 spiro atoms. The van der Waals surface area contributed by atoms with Gasteiger partial charge in [0.05, 0.1) is 9.77 Å². The molecule has 0 aromatic carbocycles. The van der Waals surface area contributed by atoms with E-state index >= 15 is 0 Å². The van der Waals surface area contributed by atoms with Gasteiger partial charge in [-0.3, -0.25) is 9.48 Å². The van der Waals surface area contributed by atoms with E-state index in [1.54, 1.807) is 6.20 Å². The molecule has 0 radical (unpaired) electrons. The Kier molecular flexibility index (Phi) is 4.20. The Morgan fingerprint density at radius 2 is 2.38 bits per heavy atom. The lowest BCUT2D eigenvalue weighted by Crippen LogP contribution is -2.00. The highest BCUT2D eigenvalue weighted by atomic mass is 127. The summed E-state index contributed by atoms with van der Waals surface area (Å²) in [5.74, 6) is -0.727. The molecule has 1 N–H and O–H groups in total. The number of aryl methyl sites for hydroxylation is 1. The molecule has 0 aliphatic carbocycles. The number of aliphatic carboxylic acids is 1. The van der Waals surface area contributed by atoms with Gasteiger partial charge in [0.15, 0.2) is 0 Å². The van der Waals surface area contributed by atoms with Crippen LogP contribution in [0.4, 0.5) is 0 Å². The average Bonchev–Trinajstić information content (AvgIpc) is 2.45. The Morgan fingerprint density at radius 1 is 1.62 bits per heavy atom. The Hall–Kier alpha value is -0.590. The Bertz CT molecular complexity index is 285. The number of hydrogen-bond donors (Lipinski definition) is 1. The average molecular weight is 294 g/mol. The third-order valence-corrected chi connectivity index (χ3v) is 2.19. The van der Waals surface area contributed by atoms with Crippen LogP contribution in [-0.4, -0.2) is 20.9 Å². The molecule has 0 amide bonds. The SMILES string of the molecule is O=C(O)CCCCn1cc(I)cn1. The minimum atomic E-state index is -0.727. The van der Waals surface area contributed by atoms with E-state index in [1.807, 2.05) is 10.9 Å². The topological polar surface area (TPSA) is 55.1 Å². The van der Waals surface area contributed by atoms with Crippen molar-refractivity contribution in [1.29, 1.82) is 0 Å². The van der Waals surface area contributed by atoms with Crippen molar-refractivity contribution in [2.75, 3.05) is 0 Å². The number of carboxylic acids is 1. The van der Waals surface area contributed by atoms with Crippen molar-refractivity contribution in [1.82, 2.24) is 9.78 Å². The minimum absolute atomic E-state index is 0.248. The molecule has 0 fully saturated rings. The van der Waals surface area contributed by atoms with Gasteiger partial charge >= 0.3 is 5.97 Å². The van der Waals surface area contributed by atoms with E-state index in [0.29, 0.717) is 6.42 Å². The standard InChI is InChI=1S/C8H11IN2O2/c9-7-5-10-11(6-7)4-2-1-3-8(12)13/h5-6H,1-4H2,(H,12,13). The third kappa shape index (κ3) is 4.25. The van der Waals surface area contributed by atoms with E-state index in [4.69, 9.17) is 5.11 Å². The van der Waals surface area contributed by atoms with Gasteiger partial charge in [-0.15, -0.1) is 0 Å². The molecule has 5 heteroatoms. The summed E-state index contributed by atoms with van der Waals surface area (Å²) < 4.78 is 2.94. The second-order valence-electron chi connectivity index (χ2n) is 2.77. The molecule has 1 aromatic heterocycles. The number of rotatable bonds is 5. The van der Waals surface area contributed by atoms with Crippen LogP contribution in [0.25, 0.3) is 0 Å². The Morgan fingerprint density at radius 3 is 2.92 bits per heavy atom. The molecule has 0 saturated carbocycles. The van der Waals surface area contributed by atoms with E-state index in [9.17, 15) is 4.79 Å². The van der Waals surface area contributed by atoms with Gasteiger partial charge in [0, 0.05) is 19.2 Å². The summed E-state index contributed by atoms with van der Waals surface area (Å²) >= 11 is 2.19. The fourth-order valence-corrected chi connectivity index (χ4v) is 1.46. The molecule has 1 aromatic rings. The van der Waals surface area contributed by atoms with Gasteiger partial charge < -0.3 is 5.11 Å². The van der Waals surface area contributed by atoms with E-state index in [0.717, 1.165) is 16.5 Å². The second-order valence-corrected chi connectivity index (χ2v) is 4.02. The summed E-state index contributed by atoms with van der Waals surface area (Å²) in [6.07, 6.45) is 5.56. The molecule has 0 bridgehead atoms. The summed E-state index contributed by atoms with van der Waals surface area (Å²) in [5.41, 5.74) is 0. The third-order valence-electron chi connectivity index (χ3n) is 1.63. The largest absolute Gasteiger partial charge is 0.481 e. The zero-order chi connectivity index (χ0) is 9.68. The number of carbonyl (C=O) groups is 1. The van der Waals surface area contributed by atoms with Crippen LogP contribution in [0.3, 0.4) is 0 Å². The summed E-state index contributed by atoms with van der Waals surface area (Å²) in [5, 5.41) is 12.5. The van der Waals surface area contributed by atoms with Crippen molar-refractivity contribution in [2.24, 2.45) is 0 Å². The Labute approximate surface area is 90.1 Å². The number of hydrogen-bond acceptors (Lipinski definition) is 2. The van der Waals surface area contributed by atoms with Gasteiger partial charge in [0.25, 0.3) is 0 Å². The quantitative estimate of drug-likeness (QED) is 0.665. The monoisotopic (exact) mass is 294 g/mol. The zero-order valence-electron chi connectivity index (χ0n) is 7.11. The van der Waals surface area contributed by atoms with Crippen LogP contribution in [0, 0.1) is 3.57 Å². The first kappa shape index (κ1) is 10.5. The van der Waals surface area contributed by atoms with Gasteiger partial charge in [-0.2, -0.15) is 5.10 Å². The summed E-state index contributed by atoms with van der Waals surface area (Å²) in [6.45, 7) is 0.802. The number of nitrogens with zero attached hydrogens (tertiary/aromatic N) is 2. The number of carboxylic acid groups (broad SMARTS) is 1. The Balaban J connectivity index is 2.16. The molecule has 0 aliphatic heterocycles. The van der Waals surface area contributed by atoms with Gasteiger partial charge in [-0.1, -0.05) is 0 Å². The maximum atomic E-state index is 10.2. The van der Waals surface area contributed by atoms with Gasteiger partial charge in [0.2, 0.25) is 0 Å². The van der Waals surface area contributed by atoms with Gasteiger partial charge in [-0.05, 0) is 35.4 Å². The predicted molar refractivity (Wildman–Crippen MR) is 56.4 cm³/mol. The van der Waals surface area contributed by atoms with E-state index < -0.39 is 5.97 Å². The normalized spacial score (nSPS) is 10.2. The maximum absolute atomic E-state index is 10.2. The van der Waals surface area contributed by atoms with Crippen molar-refractivity contribution in [3.8, 4) is 0 Å². The highest BCUT2D eigenvalue weighted by Crippen LogP contribution is 2.03. The predicted octanol–water partition coefficient (Wildman–Crippen LogP) is 1.74. The number of unbranched alkanes of at least 4 members (excludes halogenated alkanes) is 1. The lowest BCUT2D eigenvalue weighted by Gasteiger charge is -1.98. The summed E-state index contributed by atoms with van der Waals surface area (Å²) in [6, 6.07) is 0. The first-order valence-corrected chi connectivity index (χ1v) is 5.16. The molecule has 13 heavy (non-hydrogen) atoms. The van der Waals surface area contributed by atoms with Crippen LogP contribution in [0.15, 0.2) is 12.4 Å². The van der Waals surface area contributed by atoms with Crippen molar-refractivity contribution < 1.29 is 9.90 Å². The maximum Gasteiger partial charge on any atom is 0.303 e. The molecule has 72 valence electrons. The van der Waals surface area contributed by atoms with Crippen LogP contribution in [0.1, 0.15) is 19.3 Å². The van der Waals surface area contributed by atoms with E-state index in [2.05, 4.69) is 27.7 Å². The highest BCUT2D eigenvalue weighted by molar-refractivity contribution is 14.1. The molecular weight excluding hydrogens is 283 g/mol. The highest BCUT2D eigenvalue weighted by Gasteiger charge is 1.98. The second kappa shape index (κ2) is 5.21. The molecule has 1 rings (SSSR count). The minimum Gasteiger partial charge on any atom is -0.481 e. The van der Waals surface area contributed by atoms with Crippen LogP contribution >= 0.6 is 22.6 Å². The first-order chi connectivity index (χ1) is 6.18. The lowest BCUT2D eigenvalue weighted by atomic mass is 10.2. The van der Waals surface area contributed by atoms with Crippen molar-refractivity contribution in [3.63, 3.8) is 0 Å². The van der Waals surface area contributed by atoms with Gasteiger partial charge in [0.1, 0.15) is 0 Å². The van der Waals surface area contributed by atoms with Crippen LogP contribution < -0.4 is 0 Å². The first-order valence-electron chi connectivity index (χ1n) is 4.08. The zero-order valence-corrected chi connectivity index (χ0v) is 9.27. The lowest BCUT2D eigenvalue weighted by molar-refractivity contribution is -0.137.